The molecule has 6 heteroatoms. The number of nitro groups is 1. The zero-order chi connectivity index (χ0) is 21.7. The number of ketones is 1. The van der Waals surface area contributed by atoms with Crippen LogP contribution in [0.5, 0.6) is 0 Å². The number of hydrogen-bond donors (Lipinski definition) is 0. The molecule has 3 rings (SSSR count). The summed E-state index contributed by atoms with van der Waals surface area (Å²) < 4.78 is 6.14. The summed E-state index contributed by atoms with van der Waals surface area (Å²) in [6.45, 7) is 6.36. The van der Waals surface area contributed by atoms with Crippen LogP contribution in [0.25, 0.3) is 0 Å². The fourth-order valence-electron chi connectivity index (χ4n) is 3.06. The average molecular weight is 419 g/mol. The quantitative estimate of drug-likeness (QED) is 0.253. The zero-order valence-corrected chi connectivity index (χ0v) is 18.3. The van der Waals surface area contributed by atoms with E-state index in [2.05, 4.69) is 45.0 Å². The molecule has 0 saturated heterocycles. The summed E-state index contributed by atoms with van der Waals surface area (Å²) in [5.41, 5.74) is 1.46. The Hall–Kier alpha value is -3.09. The molecule has 0 saturated carbocycles. The Labute approximate surface area is 178 Å². The third kappa shape index (κ3) is 5.28. The minimum atomic E-state index is -1.64. The summed E-state index contributed by atoms with van der Waals surface area (Å²) in [4.78, 5) is 23.1. The van der Waals surface area contributed by atoms with Gasteiger partial charge in [-0.05, 0) is 21.4 Å². The molecule has 0 bridgehead atoms. The first-order valence-corrected chi connectivity index (χ1v) is 11.1. The van der Waals surface area contributed by atoms with Crippen molar-refractivity contribution in [3.05, 3.63) is 100 Å². The van der Waals surface area contributed by atoms with Crippen LogP contribution in [0.1, 0.15) is 36.7 Å². The number of Topliss-reactive ketones (excluding diaryl/α,β-unsaturated/α-hetero) is 1. The molecular weight excluding hydrogens is 394 g/mol. The van der Waals surface area contributed by atoms with Gasteiger partial charge in [-0.25, -0.2) is 0 Å². The topological polar surface area (TPSA) is 69.4 Å². The molecule has 0 spiro atoms. The molecule has 0 amide bonds. The smallest absolute Gasteiger partial charge is 0.283 e. The lowest BCUT2D eigenvalue weighted by molar-refractivity contribution is -0.384. The molecule has 0 heterocycles. The lowest BCUT2D eigenvalue weighted by Gasteiger charge is -2.21. The van der Waals surface area contributed by atoms with Crippen molar-refractivity contribution in [3.8, 4) is 0 Å². The van der Waals surface area contributed by atoms with Crippen molar-refractivity contribution in [2.75, 3.05) is 6.61 Å². The molecule has 30 heavy (non-hydrogen) atoms. The molecule has 0 aliphatic heterocycles. The highest BCUT2D eigenvalue weighted by Crippen LogP contribution is 2.21. The van der Waals surface area contributed by atoms with Crippen molar-refractivity contribution in [1.82, 2.24) is 0 Å². The maximum Gasteiger partial charge on any atom is 0.283 e. The molecule has 0 unspecified atom stereocenters. The van der Waals surface area contributed by atoms with E-state index in [-0.39, 0.29) is 29.1 Å². The van der Waals surface area contributed by atoms with Crippen molar-refractivity contribution in [2.24, 2.45) is 0 Å². The third-order valence-electron chi connectivity index (χ3n) is 4.78. The van der Waals surface area contributed by atoms with Gasteiger partial charge in [-0.3, -0.25) is 14.9 Å². The van der Waals surface area contributed by atoms with E-state index in [1.807, 2.05) is 30.3 Å². The summed E-state index contributed by atoms with van der Waals surface area (Å²) in [7, 11) is -1.64. The van der Waals surface area contributed by atoms with Crippen LogP contribution in [-0.2, 0) is 9.84 Å². The van der Waals surface area contributed by atoms with Crippen LogP contribution in [0, 0.1) is 10.1 Å². The lowest BCUT2D eigenvalue weighted by Crippen LogP contribution is -2.46. The highest BCUT2D eigenvalue weighted by molar-refractivity contribution is 6.80. The van der Waals surface area contributed by atoms with Crippen LogP contribution in [-0.4, -0.2) is 26.4 Å². The van der Waals surface area contributed by atoms with E-state index in [0.717, 1.165) is 10.4 Å². The maximum absolute atomic E-state index is 12.6. The Morgan fingerprint density at radius 3 is 2.17 bits per heavy atom. The fourth-order valence-corrected chi connectivity index (χ4v) is 4.97. The molecule has 1 radical (unpaired) electrons. The molecule has 153 valence electrons. The lowest BCUT2D eigenvalue weighted by atomic mass is 9.87. The number of rotatable bonds is 7. The van der Waals surface area contributed by atoms with Crippen LogP contribution in [0.2, 0.25) is 0 Å². The number of hydrogen-bond acceptors (Lipinski definition) is 4. The van der Waals surface area contributed by atoms with Crippen LogP contribution >= 0.6 is 0 Å². The molecule has 0 aliphatic rings. The standard InChI is InChI=1S/C24H24NO4Si/c1-24(2,3)19-12-14-22(15-13-19)30(21-10-5-4-6-11-21)29-17-23(26)18-8-7-9-20(16-18)25(27)28/h4-16H,17H2,1-3H3. The van der Waals surface area contributed by atoms with Crippen molar-refractivity contribution >= 4 is 30.9 Å². The summed E-state index contributed by atoms with van der Waals surface area (Å²) >= 11 is 0. The molecule has 0 aromatic heterocycles. The molecule has 5 nitrogen and oxygen atoms in total. The minimum absolute atomic E-state index is 0.0526. The van der Waals surface area contributed by atoms with Crippen molar-refractivity contribution in [1.29, 1.82) is 0 Å². The summed E-state index contributed by atoms with van der Waals surface area (Å²) in [5, 5.41) is 13.1. The molecule has 3 aromatic rings. The van der Waals surface area contributed by atoms with E-state index in [0.29, 0.717) is 0 Å². The Balaban J connectivity index is 1.83. The van der Waals surface area contributed by atoms with E-state index in [9.17, 15) is 14.9 Å². The van der Waals surface area contributed by atoms with Gasteiger partial charge in [0.2, 0.25) is 0 Å². The monoisotopic (exact) mass is 418 g/mol. The number of carbonyl (C=O) groups is 1. The van der Waals surface area contributed by atoms with Crippen molar-refractivity contribution < 1.29 is 14.1 Å². The Morgan fingerprint density at radius 2 is 1.57 bits per heavy atom. The van der Waals surface area contributed by atoms with Gasteiger partial charge in [0.1, 0.15) is 0 Å². The number of nitro benzene ring substituents is 1. The molecule has 3 aromatic carbocycles. The summed E-state index contributed by atoms with van der Waals surface area (Å²) in [5.74, 6) is -0.275. The van der Waals surface area contributed by atoms with Gasteiger partial charge in [-0.1, -0.05) is 87.5 Å². The summed E-state index contributed by atoms with van der Waals surface area (Å²) in [6.07, 6.45) is 0. The van der Waals surface area contributed by atoms with E-state index in [1.54, 1.807) is 6.07 Å². The van der Waals surface area contributed by atoms with Gasteiger partial charge in [0.05, 0.1) is 11.5 Å². The molecule has 0 atom stereocenters. The Bertz CT molecular complexity index is 1030. The predicted octanol–water partition coefficient (Wildman–Crippen LogP) is 3.90. The van der Waals surface area contributed by atoms with Crippen LogP contribution in [0.4, 0.5) is 5.69 Å². The second kappa shape index (κ2) is 9.15. The van der Waals surface area contributed by atoms with E-state index in [1.165, 1.54) is 23.8 Å². The largest absolute Gasteiger partial charge is 0.399 e. The summed E-state index contributed by atoms with van der Waals surface area (Å²) in [6, 6.07) is 24.0. The molecular formula is C24H24NO4Si. The second-order valence-corrected chi connectivity index (χ2v) is 10.1. The Morgan fingerprint density at radius 1 is 0.933 bits per heavy atom. The normalized spacial score (nSPS) is 11.5. The van der Waals surface area contributed by atoms with E-state index in [4.69, 9.17) is 4.43 Å². The first kappa shape index (κ1) is 21.6. The predicted molar refractivity (Wildman–Crippen MR) is 120 cm³/mol. The SMILES string of the molecule is CC(C)(C)c1ccc([Si](OCC(=O)c2cccc([N+](=O)[O-])c2)c2ccccc2)cc1. The average Bonchev–Trinajstić information content (AvgIpc) is 2.74. The van der Waals surface area contributed by atoms with Gasteiger partial charge in [-0.2, -0.15) is 0 Å². The second-order valence-electron chi connectivity index (χ2n) is 8.04. The van der Waals surface area contributed by atoms with Crippen molar-refractivity contribution in [2.45, 2.75) is 26.2 Å². The number of carbonyl (C=O) groups excluding carboxylic acids is 1. The first-order chi connectivity index (χ1) is 14.3. The van der Waals surface area contributed by atoms with Crippen LogP contribution < -0.4 is 10.4 Å². The maximum atomic E-state index is 12.6. The third-order valence-corrected chi connectivity index (χ3v) is 6.92. The first-order valence-electron chi connectivity index (χ1n) is 9.69. The van der Waals surface area contributed by atoms with Crippen LogP contribution in [0.15, 0.2) is 78.9 Å². The number of nitrogens with zero attached hydrogens (tertiary/aromatic N) is 1. The van der Waals surface area contributed by atoms with E-state index < -0.39 is 14.0 Å². The Kier molecular flexibility index (Phi) is 6.59. The number of benzene rings is 3. The fraction of sp³-hybridized carbons (Fsp3) is 0.208. The molecule has 0 aliphatic carbocycles. The van der Waals surface area contributed by atoms with Crippen molar-refractivity contribution in [3.63, 3.8) is 0 Å². The highest BCUT2D eigenvalue weighted by Gasteiger charge is 2.22. The molecule has 0 fully saturated rings. The van der Waals surface area contributed by atoms with Crippen LogP contribution in [0.3, 0.4) is 0 Å². The van der Waals surface area contributed by atoms with Gasteiger partial charge in [0, 0.05) is 17.7 Å². The zero-order valence-electron chi connectivity index (χ0n) is 17.3. The van der Waals surface area contributed by atoms with Gasteiger partial charge in [0.15, 0.2) is 5.78 Å². The number of non-ortho nitro benzene ring substituents is 1. The van der Waals surface area contributed by atoms with Gasteiger partial charge >= 0.3 is 0 Å². The molecule has 0 N–H and O–H groups in total. The highest BCUT2D eigenvalue weighted by atomic mass is 28.3. The minimum Gasteiger partial charge on any atom is -0.399 e. The van der Waals surface area contributed by atoms with Gasteiger partial charge < -0.3 is 4.43 Å². The van der Waals surface area contributed by atoms with Gasteiger partial charge in [-0.15, -0.1) is 0 Å². The van der Waals surface area contributed by atoms with E-state index >= 15 is 0 Å². The van der Waals surface area contributed by atoms with Gasteiger partial charge in [0.25, 0.3) is 14.7 Å².